The number of fused-ring (bicyclic) bond motifs is 2. The van der Waals surface area contributed by atoms with E-state index in [1.54, 1.807) is 23.4 Å². The lowest BCUT2D eigenvalue weighted by atomic mass is 9.86. The van der Waals surface area contributed by atoms with Gasteiger partial charge in [0.05, 0.1) is 30.2 Å². The lowest BCUT2D eigenvalue weighted by molar-refractivity contribution is -0.137. The van der Waals surface area contributed by atoms with E-state index in [0.29, 0.717) is 38.2 Å². The predicted octanol–water partition coefficient (Wildman–Crippen LogP) is 2.03. The SMILES string of the molecule is Cc1cccc(C(=O)NC2CC(n3cnc4c(NC5CCN(CCOC6CCN(C(=O)COc7cccc8c7C(=O)N(C7CCC(=O)NC7=O)C8=O)CC6)CC5)ncnc43)C2)n1. The van der Waals surface area contributed by atoms with Crippen molar-refractivity contribution in [2.45, 2.75) is 88.6 Å². The molecule has 9 rings (SSSR count). The van der Waals surface area contributed by atoms with Gasteiger partial charge in [-0.25, -0.2) is 19.9 Å². The standard InChI is InChI=1S/C43H49N11O8/c1-25-4-2-6-31(47-25)40(57)49-27-20-28(21-27)53-24-46-37-38(44-23-45-39(37)53)48-26-10-14-51(15-11-26)18-19-61-29-12-16-52(17-13-29)35(56)22-62-33-7-3-5-30-36(33)43(60)54(42(30)59)32-8-9-34(55)50-41(32)58/h2-7,23-24,26-29,32H,8-22H2,1H3,(H,49,57)(H,44,45,48)(H,50,55,58). The average molecular weight is 848 g/mol. The van der Waals surface area contributed by atoms with Gasteiger partial charge in [-0.1, -0.05) is 12.1 Å². The van der Waals surface area contributed by atoms with Gasteiger partial charge in [0.1, 0.15) is 29.3 Å². The van der Waals surface area contributed by atoms with Gasteiger partial charge in [-0.3, -0.25) is 39.0 Å². The molecule has 324 valence electrons. The number of carbonyl (C=O) groups excluding carboxylic acids is 6. The molecule has 1 aliphatic carbocycles. The Labute approximate surface area is 356 Å². The minimum absolute atomic E-state index is 0.0131. The molecular formula is C43H49N11O8. The molecule has 0 bridgehead atoms. The number of aryl methyl sites for hydroxylation is 1. The highest BCUT2D eigenvalue weighted by molar-refractivity contribution is 6.24. The number of hydrogen-bond acceptors (Lipinski definition) is 14. The van der Waals surface area contributed by atoms with Gasteiger partial charge < -0.3 is 34.5 Å². The number of imide groups is 2. The molecular weight excluding hydrogens is 799 g/mol. The Morgan fingerprint density at radius 2 is 1.68 bits per heavy atom. The maximum atomic E-state index is 13.4. The molecule has 6 amide bonds. The first-order valence-electron chi connectivity index (χ1n) is 21.4. The van der Waals surface area contributed by atoms with Gasteiger partial charge >= 0.3 is 0 Å². The second-order valence-corrected chi connectivity index (χ2v) is 16.6. The Morgan fingerprint density at radius 3 is 2.45 bits per heavy atom. The van der Waals surface area contributed by atoms with Crippen molar-refractivity contribution in [3.8, 4) is 5.75 Å². The fourth-order valence-corrected chi connectivity index (χ4v) is 9.04. The second kappa shape index (κ2) is 17.6. The highest BCUT2D eigenvalue weighted by Crippen LogP contribution is 2.36. The van der Waals surface area contributed by atoms with E-state index < -0.39 is 29.7 Å². The molecule has 3 saturated heterocycles. The molecule has 19 heteroatoms. The Hall–Kier alpha value is -6.34. The summed E-state index contributed by atoms with van der Waals surface area (Å²) >= 11 is 0. The van der Waals surface area contributed by atoms with E-state index in [-0.39, 0.29) is 72.4 Å². The summed E-state index contributed by atoms with van der Waals surface area (Å²) in [4.78, 5) is 99.5. The van der Waals surface area contributed by atoms with Crippen LogP contribution in [0.2, 0.25) is 0 Å². The van der Waals surface area contributed by atoms with E-state index in [4.69, 9.17) is 9.47 Å². The van der Waals surface area contributed by atoms with Crippen molar-refractivity contribution in [1.29, 1.82) is 0 Å². The molecule has 1 unspecified atom stereocenters. The monoisotopic (exact) mass is 847 g/mol. The highest BCUT2D eigenvalue weighted by Gasteiger charge is 2.46. The summed E-state index contributed by atoms with van der Waals surface area (Å²) in [6.45, 7) is 5.84. The van der Waals surface area contributed by atoms with Crippen molar-refractivity contribution in [3.63, 3.8) is 0 Å². The van der Waals surface area contributed by atoms with Crippen molar-refractivity contribution in [2.24, 2.45) is 0 Å². The first-order valence-corrected chi connectivity index (χ1v) is 21.4. The first kappa shape index (κ1) is 41.0. The smallest absolute Gasteiger partial charge is 0.270 e. The van der Waals surface area contributed by atoms with Gasteiger partial charge in [-0.15, -0.1) is 0 Å². The minimum atomic E-state index is -1.09. The number of nitrogens with zero attached hydrogens (tertiary/aromatic N) is 8. The fraction of sp³-hybridized carbons (Fsp3) is 0.488. The van der Waals surface area contributed by atoms with Gasteiger partial charge in [-0.2, -0.15) is 0 Å². The van der Waals surface area contributed by atoms with Gasteiger partial charge in [0, 0.05) is 63.0 Å². The molecule has 3 aromatic heterocycles. The van der Waals surface area contributed by atoms with E-state index in [0.717, 1.165) is 72.9 Å². The van der Waals surface area contributed by atoms with Crippen LogP contribution in [0.15, 0.2) is 49.1 Å². The highest BCUT2D eigenvalue weighted by atomic mass is 16.5. The van der Waals surface area contributed by atoms with Crippen LogP contribution in [0, 0.1) is 6.92 Å². The van der Waals surface area contributed by atoms with Crippen LogP contribution in [-0.2, 0) is 19.1 Å². The maximum absolute atomic E-state index is 13.4. The molecule has 1 aromatic carbocycles. The molecule has 4 aromatic rings. The lowest BCUT2D eigenvalue weighted by Gasteiger charge is -2.36. The third-order valence-electron chi connectivity index (χ3n) is 12.6. The van der Waals surface area contributed by atoms with Gasteiger partial charge in [0.25, 0.3) is 23.6 Å². The summed E-state index contributed by atoms with van der Waals surface area (Å²) in [6, 6.07) is 9.43. The van der Waals surface area contributed by atoms with Crippen LogP contribution in [0.3, 0.4) is 0 Å². The summed E-state index contributed by atoms with van der Waals surface area (Å²) in [5.41, 5.74) is 2.87. The molecule has 0 spiro atoms. The van der Waals surface area contributed by atoms with Gasteiger partial charge in [0.15, 0.2) is 18.1 Å². The van der Waals surface area contributed by atoms with Crippen LogP contribution in [0.4, 0.5) is 5.82 Å². The number of imidazole rings is 1. The number of piperidine rings is 3. The number of anilines is 1. The molecule has 19 nitrogen and oxygen atoms in total. The summed E-state index contributed by atoms with van der Waals surface area (Å²) < 4.78 is 14.1. The number of hydrogen-bond donors (Lipinski definition) is 3. The lowest BCUT2D eigenvalue weighted by Crippen LogP contribution is -2.54. The summed E-state index contributed by atoms with van der Waals surface area (Å²) in [6.07, 6.45) is 8.37. The number of aromatic nitrogens is 5. The van der Waals surface area contributed by atoms with Crippen LogP contribution in [0.25, 0.3) is 11.2 Å². The predicted molar refractivity (Wildman–Crippen MR) is 221 cm³/mol. The number of benzene rings is 1. The third-order valence-corrected chi connectivity index (χ3v) is 12.6. The van der Waals surface area contributed by atoms with Crippen molar-refractivity contribution in [3.05, 3.63) is 71.6 Å². The van der Waals surface area contributed by atoms with Gasteiger partial charge in [0.2, 0.25) is 11.8 Å². The minimum Gasteiger partial charge on any atom is -0.483 e. The number of rotatable bonds is 13. The number of likely N-dealkylation sites (tertiary alicyclic amines) is 2. The number of amides is 6. The molecule has 0 radical (unpaired) electrons. The van der Waals surface area contributed by atoms with E-state index in [2.05, 4.69) is 45.4 Å². The zero-order valence-corrected chi connectivity index (χ0v) is 34.5. The van der Waals surface area contributed by atoms with Crippen LogP contribution < -0.4 is 20.7 Å². The quantitative estimate of drug-likeness (QED) is 0.164. The van der Waals surface area contributed by atoms with E-state index in [9.17, 15) is 28.8 Å². The summed E-state index contributed by atoms with van der Waals surface area (Å²) in [5.74, 6) is -2.02. The van der Waals surface area contributed by atoms with Crippen LogP contribution in [-0.4, -0.2) is 145 Å². The van der Waals surface area contributed by atoms with Crippen LogP contribution in [0.5, 0.6) is 5.75 Å². The maximum Gasteiger partial charge on any atom is 0.270 e. The molecule has 4 fully saturated rings. The summed E-state index contributed by atoms with van der Waals surface area (Å²) in [5, 5.41) is 8.90. The zero-order valence-electron chi connectivity index (χ0n) is 34.5. The Morgan fingerprint density at radius 1 is 0.887 bits per heavy atom. The fourth-order valence-electron chi connectivity index (χ4n) is 9.04. The molecule has 3 N–H and O–H groups in total. The Bertz CT molecular complexity index is 2400. The van der Waals surface area contributed by atoms with Crippen molar-refractivity contribution >= 4 is 52.4 Å². The topological polar surface area (TPSA) is 223 Å². The number of pyridine rings is 1. The van der Waals surface area contributed by atoms with Crippen LogP contribution in [0.1, 0.15) is 94.3 Å². The third kappa shape index (κ3) is 8.46. The molecule has 62 heavy (non-hydrogen) atoms. The first-order chi connectivity index (χ1) is 30.1. The van der Waals surface area contributed by atoms with E-state index >= 15 is 0 Å². The number of carbonyl (C=O) groups is 6. The summed E-state index contributed by atoms with van der Waals surface area (Å²) in [7, 11) is 0. The van der Waals surface area contributed by atoms with E-state index in [1.165, 1.54) is 12.1 Å². The largest absolute Gasteiger partial charge is 0.483 e. The number of ether oxygens (including phenoxy) is 2. The molecule has 7 heterocycles. The number of nitrogens with one attached hydrogen (secondary N) is 3. The zero-order chi connectivity index (χ0) is 42.9. The average Bonchev–Trinajstić information content (AvgIpc) is 3.80. The normalized spacial score (nSPS) is 22.4. The Balaban J connectivity index is 0.675. The molecule has 1 saturated carbocycles. The van der Waals surface area contributed by atoms with Crippen molar-refractivity contribution in [1.82, 2.24) is 49.8 Å². The Kier molecular flexibility index (Phi) is 11.6. The molecule has 1 atom stereocenters. The van der Waals surface area contributed by atoms with Gasteiger partial charge in [-0.05, 0) is 76.1 Å². The molecule has 4 aliphatic heterocycles. The van der Waals surface area contributed by atoms with Crippen molar-refractivity contribution < 1.29 is 38.2 Å². The second-order valence-electron chi connectivity index (χ2n) is 16.6. The van der Waals surface area contributed by atoms with E-state index in [1.807, 2.05) is 25.4 Å². The molecule has 5 aliphatic rings. The van der Waals surface area contributed by atoms with Crippen LogP contribution >= 0.6 is 0 Å². The van der Waals surface area contributed by atoms with Crippen molar-refractivity contribution in [2.75, 3.05) is 51.3 Å².